The maximum atomic E-state index is 4.96. The minimum Gasteiger partial charge on any atom is -0.342 e. The minimum atomic E-state index is 0.0594. The van der Waals surface area contributed by atoms with Crippen molar-refractivity contribution in [2.75, 3.05) is 5.32 Å². The van der Waals surface area contributed by atoms with Crippen LogP contribution >= 0.6 is 28.1 Å². The molecule has 0 fully saturated rings. The summed E-state index contributed by atoms with van der Waals surface area (Å²) in [6.45, 7) is 0. The van der Waals surface area contributed by atoms with Crippen LogP contribution in [-0.2, 0) is 0 Å². The maximum Gasteiger partial charge on any atom is 0.209 e. The Hall–Kier alpha value is -0.980. The summed E-state index contributed by atoms with van der Waals surface area (Å²) < 4.78 is 1.05. The second kappa shape index (κ2) is 3.26. The standard InChI is InChI=1S/C9H7BrN4S/c10-4-1-2-6-5(3-4)7-8(11-6)12-9(15)14-13-7/h1-3,7,13H,(H2,11,12,14,15). The van der Waals surface area contributed by atoms with Crippen molar-refractivity contribution in [3.05, 3.63) is 28.2 Å². The van der Waals surface area contributed by atoms with E-state index in [2.05, 4.69) is 43.2 Å². The molecule has 76 valence electrons. The molecule has 3 N–H and O–H groups in total. The molecule has 6 heteroatoms. The molecule has 1 unspecified atom stereocenters. The Balaban J connectivity index is 2.11. The van der Waals surface area contributed by atoms with E-state index in [1.807, 2.05) is 12.1 Å². The van der Waals surface area contributed by atoms with Crippen LogP contribution in [-0.4, -0.2) is 10.9 Å². The Labute approximate surface area is 100 Å². The first-order valence-corrected chi connectivity index (χ1v) is 5.65. The van der Waals surface area contributed by atoms with Gasteiger partial charge in [-0.2, -0.15) is 0 Å². The molecule has 2 aliphatic heterocycles. The van der Waals surface area contributed by atoms with E-state index in [-0.39, 0.29) is 6.04 Å². The van der Waals surface area contributed by atoms with Crippen LogP contribution in [0.15, 0.2) is 27.7 Å². The highest BCUT2D eigenvalue weighted by molar-refractivity contribution is 9.10. The van der Waals surface area contributed by atoms with Crippen LogP contribution in [0.3, 0.4) is 0 Å². The molecular weight excluding hydrogens is 276 g/mol. The fourth-order valence-electron chi connectivity index (χ4n) is 1.75. The highest BCUT2D eigenvalue weighted by Gasteiger charge is 2.31. The van der Waals surface area contributed by atoms with Gasteiger partial charge in [0.15, 0.2) is 0 Å². The average molecular weight is 283 g/mol. The lowest BCUT2D eigenvalue weighted by atomic mass is 10.1. The number of hydrogen-bond acceptors (Lipinski definition) is 3. The van der Waals surface area contributed by atoms with Gasteiger partial charge < -0.3 is 5.32 Å². The Kier molecular flexibility index (Phi) is 2.01. The number of fused-ring (bicyclic) bond motifs is 3. The lowest BCUT2D eigenvalue weighted by molar-refractivity contribution is 0.607. The van der Waals surface area contributed by atoms with Crippen molar-refractivity contribution in [2.45, 2.75) is 6.04 Å². The number of nitrogens with zero attached hydrogens (tertiary/aromatic N) is 1. The molecule has 0 saturated heterocycles. The topological polar surface area (TPSA) is 48.5 Å². The van der Waals surface area contributed by atoms with Crippen LogP contribution in [0.2, 0.25) is 0 Å². The molecular formula is C9H7BrN4S. The summed E-state index contributed by atoms with van der Waals surface area (Å²) in [7, 11) is 0. The first kappa shape index (κ1) is 9.26. The van der Waals surface area contributed by atoms with Crippen LogP contribution in [0.5, 0.6) is 0 Å². The highest BCUT2D eigenvalue weighted by Crippen LogP contribution is 2.34. The van der Waals surface area contributed by atoms with Gasteiger partial charge in [0.1, 0.15) is 11.9 Å². The molecule has 1 atom stereocenters. The monoisotopic (exact) mass is 282 g/mol. The van der Waals surface area contributed by atoms with Gasteiger partial charge in [-0.15, -0.1) is 0 Å². The first-order chi connectivity index (χ1) is 7.24. The number of rotatable bonds is 0. The van der Waals surface area contributed by atoms with Crippen LogP contribution in [0.1, 0.15) is 11.6 Å². The fraction of sp³-hybridized carbons (Fsp3) is 0.111. The van der Waals surface area contributed by atoms with Crippen molar-refractivity contribution < 1.29 is 0 Å². The Morgan fingerprint density at radius 2 is 2.27 bits per heavy atom. The van der Waals surface area contributed by atoms with E-state index in [1.54, 1.807) is 0 Å². The number of thiocarbonyl (C=S) groups is 1. The van der Waals surface area contributed by atoms with Crippen molar-refractivity contribution >= 4 is 44.8 Å². The zero-order valence-corrected chi connectivity index (χ0v) is 9.95. The molecule has 2 aliphatic rings. The highest BCUT2D eigenvalue weighted by atomic mass is 79.9. The van der Waals surface area contributed by atoms with E-state index in [0.717, 1.165) is 21.6 Å². The Morgan fingerprint density at radius 1 is 1.40 bits per heavy atom. The second-order valence-electron chi connectivity index (χ2n) is 3.36. The maximum absolute atomic E-state index is 4.96. The smallest absolute Gasteiger partial charge is 0.209 e. The van der Waals surface area contributed by atoms with Gasteiger partial charge in [0.05, 0.1) is 0 Å². The first-order valence-electron chi connectivity index (χ1n) is 4.44. The third kappa shape index (κ3) is 1.45. The predicted molar refractivity (Wildman–Crippen MR) is 66.8 cm³/mol. The third-order valence-electron chi connectivity index (χ3n) is 2.41. The zero-order valence-electron chi connectivity index (χ0n) is 7.54. The van der Waals surface area contributed by atoms with Crippen LogP contribution < -0.4 is 16.2 Å². The summed E-state index contributed by atoms with van der Waals surface area (Å²) in [6, 6.07) is 6.14. The van der Waals surface area contributed by atoms with Gasteiger partial charge in [-0.1, -0.05) is 15.9 Å². The summed E-state index contributed by atoms with van der Waals surface area (Å²) in [4.78, 5) is 4.24. The molecule has 15 heavy (non-hydrogen) atoms. The van der Waals surface area contributed by atoms with Crippen molar-refractivity contribution in [1.82, 2.24) is 10.9 Å². The summed E-state index contributed by atoms with van der Waals surface area (Å²) >= 11 is 8.41. The van der Waals surface area contributed by atoms with Gasteiger partial charge in [-0.25, -0.2) is 10.4 Å². The number of halogens is 1. The molecule has 1 aromatic rings. The van der Waals surface area contributed by atoms with Crippen LogP contribution in [0, 0.1) is 0 Å². The van der Waals surface area contributed by atoms with Gasteiger partial charge in [-0.05, 0) is 30.4 Å². The summed E-state index contributed by atoms with van der Waals surface area (Å²) in [5, 5.41) is 3.69. The molecule has 4 nitrogen and oxygen atoms in total. The summed E-state index contributed by atoms with van der Waals surface area (Å²) in [6.07, 6.45) is 0. The van der Waals surface area contributed by atoms with E-state index in [0.29, 0.717) is 5.11 Å². The molecule has 0 bridgehead atoms. The minimum absolute atomic E-state index is 0.0594. The summed E-state index contributed by atoms with van der Waals surface area (Å²) in [5.41, 5.74) is 8.20. The zero-order chi connectivity index (χ0) is 10.4. The lowest BCUT2D eigenvalue weighted by Gasteiger charge is -2.19. The van der Waals surface area contributed by atoms with E-state index in [9.17, 15) is 0 Å². The van der Waals surface area contributed by atoms with Crippen molar-refractivity contribution in [3.8, 4) is 0 Å². The molecule has 1 aromatic carbocycles. The number of anilines is 1. The van der Waals surface area contributed by atoms with Crippen molar-refractivity contribution in [1.29, 1.82) is 0 Å². The number of amidine groups is 1. The van der Waals surface area contributed by atoms with E-state index in [4.69, 9.17) is 12.2 Å². The van der Waals surface area contributed by atoms with Crippen molar-refractivity contribution in [2.24, 2.45) is 4.99 Å². The molecule has 3 rings (SSSR count). The number of benzene rings is 1. The fourth-order valence-corrected chi connectivity index (χ4v) is 2.29. The molecule has 0 aromatic heterocycles. The Bertz CT molecular complexity index is 485. The predicted octanol–water partition coefficient (Wildman–Crippen LogP) is 1.71. The number of hydrogen-bond donors (Lipinski definition) is 3. The van der Waals surface area contributed by atoms with Crippen LogP contribution in [0.25, 0.3) is 0 Å². The molecule has 0 spiro atoms. The molecule has 0 amide bonds. The van der Waals surface area contributed by atoms with E-state index >= 15 is 0 Å². The Morgan fingerprint density at radius 3 is 3.13 bits per heavy atom. The quantitative estimate of drug-likeness (QED) is 0.634. The third-order valence-corrected chi connectivity index (χ3v) is 3.09. The van der Waals surface area contributed by atoms with Gasteiger partial charge >= 0.3 is 0 Å². The van der Waals surface area contributed by atoms with Gasteiger partial charge in [0.25, 0.3) is 0 Å². The van der Waals surface area contributed by atoms with E-state index < -0.39 is 0 Å². The molecule has 2 heterocycles. The number of hydrazine groups is 1. The normalized spacial score (nSPS) is 22.3. The molecule has 0 aliphatic carbocycles. The van der Waals surface area contributed by atoms with E-state index in [1.165, 1.54) is 0 Å². The summed E-state index contributed by atoms with van der Waals surface area (Å²) in [5.74, 6) is 0.854. The average Bonchev–Trinajstić information content (AvgIpc) is 2.54. The van der Waals surface area contributed by atoms with Gasteiger partial charge in [-0.3, -0.25) is 5.43 Å². The van der Waals surface area contributed by atoms with Crippen molar-refractivity contribution in [3.63, 3.8) is 0 Å². The van der Waals surface area contributed by atoms with Crippen LogP contribution in [0.4, 0.5) is 5.69 Å². The molecule has 0 radical (unpaired) electrons. The largest absolute Gasteiger partial charge is 0.342 e. The van der Waals surface area contributed by atoms with Gasteiger partial charge in [0, 0.05) is 15.7 Å². The molecule has 0 saturated carbocycles. The SMILES string of the molecule is S=C1N=C2Nc3ccc(Br)cc3C2NN1. The lowest BCUT2D eigenvalue weighted by Crippen LogP contribution is -2.46. The van der Waals surface area contributed by atoms with Gasteiger partial charge in [0.2, 0.25) is 5.11 Å². The number of aliphatic imine (C=N–C) groups is 1. The number of nitrogens with one attached hydrogen (secondary N) is 3. The second-order valence-corrected chi connectivity index (χ2v) is 4.66.